The van der Waals surface area contributed by atoms with Gasteiger partial charge in [-0.05, 0) is 76.6 Å². The number of rotatable bonds is 4. The molecule has 0 N–H and O–H groups in total. The number of hydrogen-bond acceptors (Lipinski definition) is 0. The van der Waals surface area contributed by atoms with Gasteiger partial charge in [0.15, 0.2) is 0 Å². The average Bonchev–Trinajstić information content (AvgIpc) is 3.15. The summed E-state index contributed by atoms with van der Waals surface area (Å²) in [5.74, 6) is 1.01. The molecule has 0 heterocycles. The summed E-state index contributed by atoms with van der Waals surface area (Å²) in [6.45, 7) is 4.71. The van der Waals surface area contributed by atoms with Gasteiger partial charge < -0.3 is 0 Å². The Bertz CT molecular complexity index is 1260. The van der Waals surface area contributed by atoms with Crippen LogP contribution in [0.5, 0.6) is 0 Å². The summed E-state index contributed by atoms with van der Waals surface area (Å²) in [6.07, 6.45) is 13.6. The van der Waals surface area contributed by atoms with Gasteiger partial charge in [0.25, 0.3) is 0 Å². The zero-order valence-corrected chi connectivity index (χ0v) is 19.3. The maximum absolute atomic E-state index is 2.73. The van der Waals surface area contributed by atoms with Crippen LogP contribution in [0.4, 0.5) is 0 Å². The molecule has 0 nitrogen and oxygen atoms in total. The van der Waals surface area contributed by atoms with Gasteiger partial charge in [-0.15, -0.1) is 0 Å². The summed E-state index contributed by atoms with van der Waals surface area (Å²) < 4.78 is 0. The molecule has 6 rings (SSSR count). The molecule has 0 heteroatoms. The van der Waals surface area contributed by atoms with Gasteiger partial charge >= 0.3 is 0 Å². The Morgan fingerprint density at radius 2 is 1.81 bits per heavy atom. The first kappa shape index (κ1) is 19.8. The lowest BCUT2D eigenvalue weighted by Crippen LogP contribution is -2.35. The minimum absolute atomic E-state index is 0.130. The Morgan fingerprint density at radius 3 is 2.62 bits per heavy atom. The van der Waals surface area contributed by atoms with E-state index in [-0.39, 0.29) is 5.41 Å². The van der Waals surface area contributed by atoms with Crippen LogP contribution in [0.15, 0.2) is 90.5 Å². The normalized spacial score (nSPS) is 25.1. The van der Waals surface area contributed by atoms with Gasteiger partial charge in [0.05, 0.1) is 0 Å². The summed E-state index contributed by atoms with van der Waals surface area (Å²) in [6, 6.07) is 25.0. The van der Waals surface area contributed by atoms with Gasteiger partial charge in [0, 0.05) is 11.3 Å². The lowest BCUT2D eigenvalue weighted by molar-refractivity contribution is 0.293. The molecule has 0 aromatic heterocycles. The van der Waals surface area contributed by atoms with Gasteiger partial charge in [-0.3, -0.25) is 0 Å². The molecule has 0 spiro atoms. The van der Waals surface area contributed by atoms with Crippen LogP contribution in [0.25, 0.3) is 21.9 Å². The molecule has 3 aromatic rings. The highest BCUT2D eigenvalue weighted by molar-refractivity contribution is 6.04. The van der Waals surface area contributed by atoms with Gasteiger partial charge in [-0.25, -0.2) is 0 Å². The van der Waals surface area contributed by atoms with Crippen molar-refractivity contribution in [2.45, 2.75) is 51.9 Å². The van der Waals surface area contributed by atoms with Crippen LogP contribution >= 0.6 is 0 Å². The van der Waals surface area contributed by atoms with Crippen molar-refractivity contribution >= 4 is 21.9 Å². The first-order valence-corrected chi connectivity index (χ1v) is 12.4. The molecule has 160 valence electrons. The second-order valence-corrected chi connectivity index (χ2v) is 9.95. The monoisotopic (exact) mass is 416 g/mol. The summed E-state index contributed by atoms with van der Waals surface area (Å²) >= 11 is 0. The minimum Gasteiger partial charge on any atom is -0.0885 e. The van der Waals surface area contributed by atoms with Crippen molar-refractivity contribution in [3.05, 3.63) is 107 Å². The fourth-order valence-corrected chi connectivity index (χ4v) is 6.85. The molecule has 3 atom stereocenters. The van der Waals surface area contributed by atoms with E-state index >= 15 is 0 Å². The molecule has 0 bridgehead atoms. The molecule has 3 aliphatic rings. The van der Waals surface area contributed by atoms with Gasteiger partial charge in [-0.2, -0.15) is 0 Å². The van der Waals surface area contributed by atoms with E-state index in [0.29, 0.717) is 11.8 Å². The fraction of sp³-hybridized carbons (Fsp3) is 0.312. The Balaban J connectivity index is 1.62. The van der Waals surface area contributed by atoms with E-state index < -0.39 is 0 Å². The van der Waals surface area contributed by atoms with E-state index in [1.54, 1.807) is 22.3 Å². The Labute approximate surface area is 192 Å². The molecule has 0 aliphatic heterocycles. The molecule has 0 amide bonds. The van der Waals surface area contributed by atoms with Crippen LogP contribution in [0, 0.1) is 11.3 Å². The molecule has 3 aromatic carbocycles. The van der Waals surface area contributed by atoms with E-state index in [1.807, 2.05) is 0 Å². The lowest BCUT2D eigenvalue weighted by Gasteiger charge is -2.47. The molecule has 3 unspecified atom stereocenters. The molecular weight excluding hydrogens is 384 g/mol. The summed E-state index contributed by atoms with van der Waals surface area (Å²) in [5, 5.41) is 2.89. The maximum Gasteiger partial charge on any atom is 0.0163 e. The molecular formula is C32H32. The van der Waals surface area contributed by atoms with Gasteiger partial charge in [-0.1, -0.05) is 104 Å². The molecule has 32 heavy (non-hydrogen) atoms. The third kappa shape index (κ3) is 2.82. The van der Waals surface area contributed by atoms with Crippen molar-refractivity contribution < 1.29 is 0 Å². The zero-order valence-electron chi connectivity index (χ0n) is 19.3. The standard InChI is InChI=1S/C32H32/c1-3-4-11-22(2)32-19-10-18-25(23-12-6-5-7-13-23)30(32)20-28-26-16-8-14-24-15-9-17-27(31(24)26)29(28)21-32/h4-9,11-17,21-22,28H,3,10,18-20H2,1-2H3/b11-4-. The highest BCUT2D eigenvalue weighted by Crippen LogP contribution is 2.62. The van der Waals surface area contributed by atoms with Crippen LogP contribution in [-0.4, -0.2) is 0 Å². The van der Waals surface area contributed by atoms with E-state index in [1.165, 1.54) is 41.2 Å². The first-order valence-electron chi connectivity index (χ1n) is 12.4. The predicted octanol–water partition coefficient (Wildman–Crippen LogP) is 8.95. The molecule has 0 saturated heterocycles. The first-order chi connectivity index (χ1) is 15.7. The summed E-state index contributed by atoms with van der Waals surface area (Å²) in [7, 11) is 0. The van der Waals surface area contributed by atoms with Crippen molar-refractivity contribution in [2.75, 3.05) is 0 Å². The van der Waals surface area contributed by atoms with Gasteiger partial charge in [0.1, 0.15) is 0 Å². The quantitative estimate of drug-likeness (QED) is 0.372. The van der Waals surface area contributed by atoms with Crippen molar-refractivity contribution in [3.8, 4) is 0 Å². The van der Waals surface area contributed by atoms with Crippen LogP contribution in [-0.2, 0) is 0 Å². The topological polar surface area (TPSA) is 0 Å². The van der Waals surface area contributed by atoms with E-state index in [0.717, 1.165) is 12.8 Å². The molecule has 3 aliphatic carbocycles. The summed E-state index contributed by atoms with van der Waals surface area (Å²) in [5.41, 5.74) is 9.51. The average molecular weight is 417 g/mol. The molecule has 0 radical (unpaired) electrons. The Kier molecular flexibility index (Phi) is 4.72. The SMILES string of the molecule is CC/C=C\C(C)C12C=C3c4cccc5cccc(c45)C3CC1=C(c1ccccc1)CCC2. The van der Waals surface area contributed by atoms with Crippen molar-refractivity contribution in [3.63, 3.8) is 0 Å². The van der Waals surface area contributed by atoms with Crippen molar-refractivity contribution in [2.24, 2.45) is 11.3 Å². The number of benzene rings is 3. The smallest absolute Gasteiger partial charge is 0.0163 e. The Hall–Kier alpha value is -2.86. The molecule has 0 fully saturated rings. The van der Waals surface area contributed by atoms with E-state index in [9.17, 15) is 0 Å². The molecule has 0 saturated carbocycles. The highest BCUT2D eigenvalue weighted by atomic mass is 14.5. The minimum atomic E-state index is 0.130. The maximum atomic E-state index is 2.73. The second kappa shape index (κ2) is 7.62. The van der Waals surface area contributed by atoms with Crippen LogP contribution in [0.1, 0.15) is 68.6 Å². The van der Waals surface area contributed by atoms with E-state index in [2.05, 4.69) is 98.8 Å². The van der Waals surface area contributed by atoms with Crippen LogP contribution in [0.3, 0.4) is 0 Å². The number of fused-ring (bicyclic) bond motifs is 4. The van der Waals surface area contributed by atoms with Crippen molar-refractivity contribution in [1.82, 2.24) is 0 Å². The third-order valence-electron chi connectivity index (χ3n) is 8.36. The second-order valence-electron chi connectivity index (χ2n) is 9.95. The van der Waals surface area contributed by atoms with Crippen molar-refractivity contribution in [1.29, 1.82) is 0 Å². The summed E-state index contributed by atoms with van der Waals surface area (Å²) in [4.78, 5) is 0. The van der Waals surface area contributed by atoms with Crippen LogP contribution < -0.4 is 0 Å². The largest absolute Gasteiger partial charge is 0.0885 e. The lowest BCUT2D eigenvalue weighted by atomic mass is 9.56. The van der Waals surface area contributed by atoms with Gasteiger partial charge in [0.2, 0.25) is 0 Å². The zero-order chi connectivity index (χ0) is 21.7. The highest BCUT2D eigenvalue weighted by Gasteiger charge is 2.47. The van der Waals surface area contributed by atoms with Crippen LogP contribution in [0.2, 0.25) is 0 Å². The van der Waals surface area contributed by atoms with E-state index in [4.69, 9.17) is 0 Å². The number of allylic oxidation sites excluding steroid dienone is 6. The number of hydrogen-bond donors (Lipinski definition) is 0. The third-order valence-corrected chi connectivity index (χ3v) is 8.36. The Morgan fingerprint density at radius 1 is 1.00 bits per heavy atom. The fourth-order valence-electron chi connectivity index (χ4n) is 6.85. The predicted molar refractivity (Wildman–Crippen MR) is 138 cm³/mol.